The zero-order chi connectivity index (χ0) is 19.7. The molecular weight excluding hydrogens is 359 g/mol. The van der Waals surface area contributed by atoms with Gasteiger partial charge >= 0.3 is 6.09 Å². The zero-order valence-corrected chi connectivity index (χ0v) is 16.4. The van der Waals surface area contributed by atoms with Crippen LogP contribution in [0, 0.1) is 5.82 Å². The number of rotatable bonds is 7. The summed E-state index contributed by atoms with van der Waals surface area (Å²) in [5.41, 5.74) is 2.27. The number of benzene rings is 1. The van der Waals surface area contributed by atoms with E-state index in [2.05, 4.69) is 30.0 Å². The second-order valence-electron chi connectivity index (χ2n) is 8.03. The monoisotopic (exact) mass is 386 g/mol. The molecule has 28 heavy (non-hydrogen) atoms. The lowest BCUT2D eigenvalue weighted by molar-refractivity contribution is 0.120. The summed E-state index contributed by atoms with van der Waals surface area (Å²) >= 11 is 0. The SMILES string of the molecule is CC(C)n1cc(CN2C[C@@H]3OC(=O)N(CCCc4ccc(F)cc4)[C@@H]3C2)cn1. The van der Waals surface area contributed by atoms with E-state index in [1.807, 2.05) is 15.8 Å². The number of aryl methyl sites for hydroxylation is 1. The number of halogens is 1. The number of carbonyl (C=O) groups excluding carboxylic acids is 1. The molecule has 0 radical (unpaired) electrons. The fourth-order valence-corrected chi connectivity index (χ4v) is 4.07. The smallest absolute Gasteiger partial charge is 0.410 e. The predicted octanol–water partition coefficient (Wildman–Crippen LogP) is 3.24. The van der Waals surface area contributed by atoms with Gasteiger partial charge in [-0.25, -0.2) is 9.18 Å². The van der Waals surface area contributed by atoms with Crippen molar-refractivity contribution in [1.29, 1.82) is 0 Å². The first-order valence-electron chi connectivity index (χ1n) is 9.96. The quantitative estimate of drug-likeness (QED) is 0.733. The Bertz CT molecular complexity index is 820. The van der Waals surface area contributed by atoms with Crippen molar-refractivity contribution in [2.45, 2.75) is 51.4 Å². The van der Waals surface area contributed by atoms with Gasteiger partial charge in [0.2, 0.25) is 0 Å². The highest BCUT2D eigenvalue weighted by molar-refractivity contribution is 5.71. The molecule has 0 unspecified atom stereocenters. The van der Waals surface area contributed by atoms with Crippen molar-refractivity contribution in [3.05, 3.63) is 53.6 Å². The lowest BCUT2D eigenvalue weighted by Gasteiger charge is -2.22. The Labute approximate surface area is 164 Å². The van der Waals surface area contributed by atoms with E-state index in [1.54, 1.807) is 12.1 Å². The van der Waals surface area contributed by atoms with Crippen LogP contribution in [0.2, 0.25) is 0 Å². The van der Waals surface area contributed by atoms with Gasteiger partial charge in [-0.2, -0.15) is 5.10 Å². The Kier molecular flexibility index (Phi) is 5.35. The Morgan fingerprint density at radius 2 is 2.00 bits per heavy atom. The van der Waals surface area contributed by atoms with Crippen LogP contribution in [0.4, 0.5) is 9.18 Å². The highest BCUT2D eigenvalue weighted by Crippen LogP contribution is 2.28. The lowest BCUT2D eigenvalue weighted by atomic mass is 10.1. The van der Waals surface area contributed by atoms with Crippen LogP contribution in [0.25, 0.3) is 0 Å². The molecule has 7 heteroatoms. The number of fused-ring (bicyclic) bond motifs is 1. The third-order valence-corrected chi connectivity index (χ3v) is 5.57. The molecule has 2 aliphatic heterocycles. The molecular formula is C21H27FN4O2. The molecule has 0 aliphatic carbocycles. The summed E-state index contributed by atoms with van der Waals surface area (Å²) in [7, 11) is 0. The normalized spacial score (nSPS) is 22.1. The fourth-order valence-electron chi connectivity index (χ4n) is 4.07. The minimum absolute atomic E-state index is 0.0570. The van der Waals surface area contributed by atoms with E-state index < -0.39 is 0 Å². The van der Waals surface area contributed by atoms with Gasteiger partial charge in [0.15, 0.2) is 0 Å². The van der Waals surface area contributed by atoms with E-state index in [-0.39, 0.29) is 24.1 Å². The van der Waals surface area contributed by atoms with Gasteiger partial charge in [-0.1, -0.05) is 12.1 Å². The Morgan fingerprint density at radius 3 is 2.71 bits per heavy atom. The van der Waals surface area contributed by atoms with Crippen molar-refractivity contribution in [2.75, 3.05) is 19.6 Å². The number of ether oxygens (including phenoxy) is 1. The Hall–Kier alpha value is -2.41. The first kappa shape index (κ1) is 18.9. The second kappa shape index (κ2) is 7.91. The number of amides is 1. The van der Waals surface area contributed by atoms with Crippen LogP contribution in [-0.4, -0.2) is 57.5 Å². The largest absolute Gasteiger partial charge is 0.442 e. The minimum atomic E-state index is -0.223. The maximum absolute atomic E-state index is 13.0. The van der Waals surface area contributed by atoms with E-state index in [1.165, 1.54) is 17.7 Å². The molecule has 4 rings (SSSR count). The van der Waals surface area contributed by atoms with Gasteiger partial charge in [-0.05, 0) is 44.4 Å². The van der Waals surface area contributed by atoms with Crippen molar-refractivity contribution in [1.82, 2.24) is 19.6 Å². The van der Waals surface area contributed by atoms with Crippen LogP contribution < -0.4 is 0 Å². The number of aromatic nitrogens is 2. The zero-order valence-electron chi connectivity index (χ0n) is 16.4. The third kappa shape index (κ3) is 4.04. The summed E-state index contributed by atoms with van der Waals surface area (Å²) in [4.78, 5) is 16.4. The van der Waals surface area contributed by atoms with Crippen molar-refractivity contribution in [3.63, 3.8) is 0 Å². The van der Waals surface area contributed by atoms with Gasteiger partial charge in [0.1, 0.15) is 11.9 Å². The summed E-state index contributed by atoms with van der Waals surface area (Å²) in [6.45, 7) is 7.29. The second-order valence-corrected chi connectivity index (χ2v) is 8.03. The molecule has 150 valence electrons. The molecule has 1 aromatic carbocycles. The van der Waals surface area contributed by atoms with Crippen molar-refractivity contribution in [3.8, 4) is 0 Å². The molecule has 0 bridgehead atoms. The van der Waals surface area contributed by atoms with E-state index in [9.17, 15) is 9.18 Å². The molecule has 0 spiro atoms. The highest BCUT2D eigenvalue weighted by Gasteiger charge is 2.47. The molecule has 2 saturated heterocycles. The standard InChI is InChI=1S/C21H27FN4O2/c1-15(2)26-12-17(10-23-26)11-24-13-19-20(14-24)28-21(27)25(19)9-3-4-16-5-7-18(22)8-6-16/h5-8,10,12,15,19-20H,3-4,9,11,13-14H2,1-2H3/t19-,20+/m1/s1. The summed E-state index contributed by atoms with van der Waals surface area (Å²) in [5.74, 6) is -0.223. The molecule has 0 saturated carbocycles. The first-order valence-corrected chi connectivity index (χ1v) is 9.96. The predicted molar refractivity (Wildman–Crippen MR) is 103 cm³/mol. The summed E-state index contributed by atoms with van der Waals surface area (Å²) in [6, 6.07) is 7.02. The van der Waals surface area contributed by atoms with Crippen LogP contribution in [0.5, 0.6) is 0 Å². The average molecular weight is 386 g/mol. The summed E-state index contributed by atoms with van der Waals surface area (Å²) in [5, 5.41) is 4.40. The molecule has 2 fully saturated rings. The van der Waals surface area contributed by atoms with Crippen LogP contribution in [-0.2, 0) is 17.7 Å². The van der Waals surface area contributed by atoms with Crippen LogP contribution in [0.1, 0.15) is 37.4 Å². The van der Waals surface area contributed by atoms with Crippen molar-refractivity contribution < 1.29 is 13.9 Å². The van der Waals surface area contributed by atoms with E-state index in [4.69, 9.17) is 4.74 Å². The van der Waals surface area contributed by atoms with Gasteiger partial charge in [-0.3, -0.25) is 9.58 Å². The van der Waals surface area contributed by atoms with E-state index in [0.29, 0.717) is 12.6 Å². The Morgan fingerprint density at radius 1 is 1.21 bits per heavy atom. The van der Waals surface area contributed by atoms with Gasteiger partial charge < -0.3 is 9.64 Å². The first-order chi connectivity index (χ1) is 13.5. The van der Waals surface area contributed by atoms with Crippen molar-refractivity contribution >= 4 is 6.09 Å². The fraction of sp³-hybridized carbons (Fsp3) is 0.524. The topological polar surface area (TPSA) is 50.6 Å². The number of hydrogen-bond donors (Lipinski definition) is 0. The summed E-state index contributed by atoms with van der Waals surface area (Å²) in [6.07, 6.45) is 5.40. The lowest BCUT2D eigenvalue weighted by Crippen LogP contribution is -2.38. The average Bonchev–Trinajstić information content (AvgIpc) is 3.34. The van der Waals surface area contributed by atoms with E-state index >= 15 is 0 Å². The van der Waals surface area contributed by atoms with Crippen molar-refractivity contribution in [2.24, 2.45) is 0 Å². The number of likely N-dealkylation sites (tertiary alicyclic amines) is 1. The van der Waals surface area contributed by atoms with Gasteiger partial charge in [0, 0.05) is 44.0 Å². The molecule has 1 aromatic heterocycles. The van der Waals surface area contributed by atoms with Gasteiger partial charge in [0.25, 0.3) is 0 Å². The molecule has 2 aliphatic rings. The summed E-state index contributed by atoms with van der Waals surface area (Å²) < 4.78 is 20.6. The number of carbonyl (C=O) groups is 1. The molecule has 3 heterocycles. The van der Waals surface area contributed by atoms with Gasteiger partial charge in [-0.15, -0.1) is 0 Å². The minimum Gasteiger partial charge on any atom is -0.442 e. The maximum atomic E-state index is 13.0. The highest BCUT2D eigenvalue weighted by atomic mass is 19.1. The molecule has 1 amide bonds. The Balaban J connectivity index is 1.30. The van der Waals surface area contributed by atoms with Crippen LogP contribution >= 0.6 is 0 Å². The third-order valence-electron chi connectivity index (χ3n) is 5.57. The molecule has 2 atom stereocenters. The molecule has 2 aromatic rings. The molecule has 6 nitrogen and oxygen atoms in total. The number of nitrogens with zero attached hydrogens (tertiary/aromatic N) is 4. The van der Waals surface area contributed by atoms with E-state index in [0.717, 1.165) is 38.0 Å². The molecule has 0 N–H and O–H groups in total. The maximum Gasteiger partial charge on any atom is 0.410 e. The van der Waals surface area contributed by atoms with Crippen LogP contribution in [0.3, 0.4) is 0 Å². The van der Waals surface area contributed by atoms with Gasteiger partial charge in [0.05, 0.1) is 12.2 Å². The number of hydrogen-bond acceptors (Lipinski definition) is 4. The van der Waals surface area contributed by atoms with Crippen LogP contribution in [0.15, 0.2) is 36.7 Å².